The molecule has 1 unspecified atom stereocenters. The molecule has 0 spiro atoms. The van der Waals surface area contributed by atoms with Crippen LogP contribution in [-0.2, 0) is 0 Å². The second-order valence-electron chi connectivity index (χ2n) is 3.54. The van der Waals surface area contributed by atoms with E-state index in [0.717, 1.165) is 0 Å². The topological polar surface area (TPSA) is 59.5 Å². The fourth-order valence-corrected chi connectivity index (χ4v) is 1.92. The number of carbonyl (C=O) groups excluding carboxylic acids is 1. The van der Waals surface area contributed by atoms with E-state index in [1.807, 2.05) is 6.92 Å². The van der Waals surface area contributed by atoms with E-state index in [0.29, 0.717) is 21.6 Å². The van der Waals surface area contributed by atoms with Gasteiger partial charge in [0.1, 0.15) is 0 Å². The Labute approximate surface area is 108 Å². The molecule has 1 heterocycles. The minimum absolute atomic E-state index is 0.0354. The third-order valence-corrected chi connectivity index (χ3v) is 3.11. The van der Waals surface area contributed by atoms with Crippen LogP contribution in [0.3, 0.4) is 0 Å². The van der Waals surface area contributed by atoms with Gasteiger partial charge in [0.15, 0.2) is 4.67 Å². The lowest BCUT2D eigenvalue weighted by Crippen LogP contribution is -2.37. The van der Waals surface area contributed by atoms with Crippen LogP contribution < -0.4 is 5.73 Å². The maximum Gasteiger partial charge on any atom is 0.258 e. The summed E-state index contributed by atoms with van der Waals surface area (Å²) in [7, 11) is 1.71. The molecule has 0 aliphatic heterocycles. The van der Waals surface area contributed by atoms with E-state index >= 15 is 0 Å². The van der Waals surface area contributed by atoms with E-state index in [-0.39, 0.29) is 11.9 Å². The van der Waals surface area contributed by atoms with E-state index in [1.54, 1.807) is 18.0 Å². The van der Waals surface area contributed by atoms with Crippen molar-refractivity contribution in [2.45, 2.75) is 19.4 Å². The SMILES string of the molecule is CC(CC(N)=S)N(C)C(=O)c1ccoc1Br. The van der Waals surface area contributed by atoms with Crippen LogP contribution in [0.4, 0.5) is 0 Å². The van der Waals surface area contributed by atoms with E-state index in [4.69, 9.17) is 22.4 Å². The van der Waals surface area contributed by atoms with Gasteiger partial charge in [-0.25, -0.2) is 0 Å². The van der Waals surface area contributed by atoms with Crippen LogP contribution in [0.15, 0.2) is 21.4 Å². The van der Waals surface area contributed by atoms with Crippen molar-refractivity contribution in [3.05, 3.63) is 22.6 Å². The summed E-state index contributed by atoms with van der Waals surface area (Å²) in [6, 6.07) is 1.59. The van der Waals surface area contributed by atoms with Crippen molar-refractivity contribution in [2.75, 3.05) is 7.05 Å². The quantitative estimate of drug-likeness (QED) is 0.866. The molecule has 16 heavy (non-hydrogen) atoms. The number of amides is 1. The number of thiocarbonyl (C=S) groups is 1. The van der Waals surface area contributed by atoms with Crippen molar-refractivity contribution < 1.29 is 9.21 Å². The van der Waals surface area contributed by atoms with Crippen molar-refractivity contribution >= 4 is 39.0 Å². The molecule has 0 saturated heterocycles. The largest absolute Gasteiger partial charge is 0.457 e. The molecule has 2 N–H and O–H groups in total. The van der Waals surface area contributed by atoms with Gasteiger partial charge in [0.25, 0.3) is 5.91 Å². The number of hydrogen-bond donors (Lipinski definition) is 1. The zero-order valence-corrected chi connectivity index (χ0v) is 11.5. The molecule has 0 aliphatic carbocycles. The Morgan fingerprint density at radius 2 is 2.38 bits per heavy atom. The lowest BCUT2D eigenvalue weighted by Gasteiger charge is -2.24. The summed E-state index contributed by atoms with van der Waals surface area (Å²) < 4.78 is 5.45. The van der Waals surface area contributed by atoms with Crippen LogP contribution in [0, 0.1) is 0 Å². The Morgan fingerprint density at radius 1 is 1.75 bits per heavy atom. The monoisotopic (exact) mass is 304 g/mol. The first-order valence-electron chi connectivity index (χ1n) is 4.72. The number of rotatable bonds is 4. The Hall–Kier alpha value is -0.880. The molecule has 88 valence electrons. The maximum absolute atomic E-state index is 12.0. The van der Waals surface area contributed by atoms with Crippen LogP contribution >= 0.6 is 28.1 Å². The summed E-state index contributed by atoms with van der Waals surface area (Å²) in [5.41, 5.74) is 5.94. The highest BCUT2D eigenvalue weighted by Crippen LogP contribution is 2.20. The smallest absolute Gasteiger partial charge is 0.258 e. The Bertz CT molecular complexity index is 405. The molecule has 1 aromatic heterocycles. The molecule has 0 radical (unpaired) electrons. The van der Waals surface area contributed by atoms with E-state index < -0.39 is 0 Å². The Balaban J connectivity index is 2.75. The zero-order valence-electron chi connectivity index (χ0n) is 9.07. The first-order valence-corrected chi connectivity index (χ1v) is 5.92. The zero-order chi connectivity index (χ0) is 12.3. The fourth-order valence-electron chi connectivity index (χ4n) is 1.26. The first-order chi connectivity index (χ1) is 7.43. The van der Waals surface area contributed by atoms with Crippen molar-refractivity contribution in [1.82, 2.24) is 4.90 Å². The molecule has 0 bridgehead atoms. The van der Waals surface area contributed by atoms with E-state index in [1.165, 1.54) is 6.26 Å². The normalized spacial score (nSPS) is 12.2. The number of hydrogen-bond acceptors (Lipinski definition) is 3. The van der Waals surface area contributed by atoms with Gasteiger partial charge in [-0.2, -0.15) is 0 Å². The van der Waals surface area contributed by atoms with E-state index in [2.05, 4.69) is 15.9 Å². The molecular weight excluding hydrogens is 292 g/mol. The highest BCUT2D eigenvalue weighted by molar-refractivity contribution is 9.10. The van der Waals surface area contributed by atoms with Crippen LogP contribution in [-0.4, -0.2) is 28.9 Å². The first kappa shape index (κ1) is 13.2. The average molecular weight is 305 g/mol. The van der Waals surface area contributed by atoms with Crippen LogP contribution in [0.2, 0.25) is 0 Å². The summed E-state index contributed by atoms with van der Waals surface area (Å²) >= 11 is 7.99. The fraction of sp³-hybridized carbons (Fsp3) is 0.400. The molecule has 1 rings (SSSR count). The van der Waals surface area contributed by atoms with Crippen molar-refractivity contribution in [2.24, 2.45) is 5.73 Å². The summed E-state index contributed by atoms with van der Waals surface area (Å²) in [4.78, 5) is 14.0. The third-order valence-electron chi connectivity index (χ3n) is 2.33. The minimum atomic E-state index is -0.121. The third kappa shape index (κ3) is 3.05. The molecule has 0 aliphatic rings. The number of carbonyl (C=O) groups is 1. The van der Waals surface area contributed by atoms with Gasteiger partial charge >= 0.3 is 0 Å². The standard InChI is InChI=1S/C10H13BrN2O2S/c1-6(5-8(12)16)13(2)10(14)7-3-4-15-9(7)11/h3-4,6H,5H2,1-2H3,(H2,12,16). The number of furan rings is 1. The molecule has 1 aromatic rings. The van der Waals surface area contributed by atoms with Gasteiger partial charge in [0.05, 0.1) is 16.8 Å². The van der Waals surface area contributed by atoms with E-state index in [9.17, 15) is 4.79 Å². The summed E-state index contributed by atoms with van der Waals surface area (Å²) in [6.45, 7) is 1.89. The van der Waals surface area contributed by atoms with Crippen LogP contribution in [0.25, 0.3) is 0 Å². The molecule has 4 nitrogen and oxygen atoms in total. The molecular formula is C10H13BrN2O2S. The molecule has 0 aromatic carbocycles. The summed E-state index contributed by atoms with van der Waals surface area (Å²) in [5, 5.41) is 0. The van der Waals surface area contributed by atoms with Gasteiger partial charge in [-0.15, -0.1) is 0 Å². The number of nitrogens with zero attached hydrogens (tertiary/aromatic N) is 1. The number of halogens is 1. The molecule has 0 fully saturated rings. The Kier molecular flexibility index (Phi) is 4.49. The molecule has 6 heteroatoms. The van der Waals surface area contributed by atoms with Gasteiger partial charge in [-0.05, 0) is 28.9 Å². The van der Waals surface area contributed by atoms with Crippen LogP contribution in [0.1, 0.15) is 23.7 Å². The maximum atomic E-state index is 12.0. The number of nitrogens with two attached hydrogens (primary N) is 1. The lowest BCUT2D eigenvalue weighted by molar-refractivity contribution is 0.0746. The average Bonchev–Trinajstić information content (AvgIpc) is 2.61. The van der Waals surface area contributed by atoms with Crippen molar-refractivity contribution in [1.29, 1.82) is 0 Å². The van der Waals surface area contributed by atoms with Gasteiger partial charge < -0.3 is 15.1 Å². The van der Waals surface area contributed by atoms with Gasteiger partial charge in [0.2, 0.25) is 0 Å². The molecule has 1 amide bonds. The second kappa shape index (κ2) is 5.45. The van der Waals surface area contributed by atoms with Gasteiger partial charge in [-0.3, -0.25) is 4.79 Å². The highest BCUT2D eigenvalue weighted by atomic mass is 79.9. The van der Waals surface area contributed by atoms with Gasteiger partial charge in [0, 0.05) is 19.5 Å². The second-order valence-corrected chi connectivity index (χ2v) is 4.79. The van der Waals surface area contributed by atoms with Crippen molar-refractivity contribution in [3.63, 3.8) is 0 Å². The minimum Gasteiger partial charge on any atom is -0.457 e. The summed E-state index contributed by atoms with van der Waals surface area (Å²) in [5.74, 6) is -0.121. The van der Waals surface area contributed by atoms with Crippen molar-refractivity contribution in [3.8, 4) is 0 Å². The Morgan fingerprint density at radius 3 is 2.81 bits per heavy atom. The predicted octanol–water partition coefficient (Wildman–Crippen LogP) is 2.18. The van der Waals surface area contributed by atoms with Crippen LogP contribution in [0.5, 0.6) is 0 Å². The highest BCUT2D eigenvalue weighted by Gasteiger charge is 2.21. The summed E-state index contributed by atoms with van der Waals surface area (Å²) in [6.07, 6.45) is 1.97. The van der Waals surface area contributed by atoms with Gasteiger partial charge in [-0.1, -0.05) is 12.2 Å². The predicted molar refractivity (Wildman–Crippen MR) is 69.4 cm³/mol. The lowest BCUT2D eigenvalue weighted by atomic mass is 10.2. The molecule has 1 atom stereocenters. The molecule has 0 saturated carbocycles.